The van der Waals surface area contributed by atoms with Gasteiger partial charge in [0.1, 0.15) is 0 Å². The van der Waals surface area contributed by atoms with Crippen molar-refractivity contribution in [3.63, 3.8) is 0 Å². The summed E-state index contributed by atoms with van der Waals surface area (Å²) >= 11 is 0. The average Bonchev–Trinajstić information content (AvgIpc) is 4.22. The molecule has 350 valence electrons. The molecule has 0 unspecified atom stereocenters. The van der Waals surface area contributed by atoms with Gasteiger partial charge in [-0.15, -0.1) is 0 Å². The van der Waals surface area contributed by atoms with Gasteiger partial charge in [-0.25, -0.2) is 0 Å². The highest BCUT2D eigenvalue weighted by molar-refractivity contribution is 6.13. The Morgan fingerprint density at radius 3 is 1.20 bits per heavy atom. The third-order valence-corrected chi connectivity index (χ3v) is 16.0. The van der Waals surface area contributed by atoms with Crippen LogP contribution in [-0.2, 0) is 5.41 Å². The van der Waals surface area contributed by atoms with Crippen molar-refractivity contribution in [2.45, 2.75) is 5.41 Å². The van der Waals surface area contributed by atoms with Crippen LogP contribution >= 0.6 is 0 Å². The predicted octanol–water partition coefficient (Wildman–Crippen LogP) is 18.9. The summed E-state index contributed by atoms with van der Waals surface area (Å²) in [4.78, 5) is 0. The summed E-state index contributed by atoms with van der Waals surface area (Å²) < 4.78 is 4.81. The van der Waals surface area contributed by atoms with Gasteiger partial charge in [0.2, 0.25) is 0 Å². The van der Waals surface area contributed by atoms with Crippen molar-refractivity contribution in [2.75, 3.05) is 0 Å². The van der Waals surface area contributed by atoms with Crippen molar-refractivity contribution >= 4 is 43.6 Å². The molecule has 0 aliphatic heterocycles. The fourth-order valence-corrected chi connectivity index (χ4v) is 12.6. The predicted molar refractivity (Wildman–Crippen MR) is 314 cm³/mol. The summed E-state index contributed by atoms with van der Waals surface area (Å²) in [6.45, 7) is 0. The van der Waals surface area contributed by atoms with Crippen LogP contribution in [0.3, 0.4) is 0 Å². The minimum atomic E-state index is -0.433. The number of aromatic nitrogens is 2. The summed E-state index contributed by atoms with van der Waals surface area (Å²) in [5, 5.41) is 4.99. The van der Waals surface area contributed by atoms with Crippen LogP contribution in [0.5, 0.6) is 0 Å². The molecule has 14 aromatic rings. The van der Waals surface area contributed by atoms with Crippen molar-refractivity contribution in [3.8, 4) is 67.0 Å². The third-order valence-electron chi connectivity index (χ3n) is 16.0. The second-order valence-corrected chi connectivity index (χ2v) is 20.0. The van der Waals surface area contributed by atoms with Crippen LogP contribution < -0.4 is 0 Å². The number of benzene rings is 12. The maximum atomic E-state index is 2.43. The fraction of sp³-hybridized carbons (Fsp3) is 0.0137. The quantitative estimate of drug-likeness (QED) is 0.144. The molecule has 1 aliphatic rings. The van der Waals surface area contributed by atoms with Crippen molar-refractivity contribution in [1.82, 2.24) is 9.13 Å². The summed E-state index contributed by atoms with van der Waals surface area (Å²) in [5.74, 6) is 0. The molecular weight excluding hydrogens is 905 g/mol. The molecule has 0 atom stereocenters. The first-order valence-corrected chi connectivity index (χ1v) is 26.0. The molecule has 0 fully saturated rings. The van der Waals surface area contributed by atoms with Crippen LogP contribution in [-0.4, -0.2) is 9.13 Å². The smallest absolute Gasteiger partial charge is 0.0713 e. The number of nitrogens with zero attached hydrogens (tertiary/aromatic N) is 2. The lowest BCUT2D eigenvalue weighted by atomic mass is 9.67. The monoisotopic (exact) mass is 952 g/mol. The van der Waals surface area contributed by atoms with Crippen molar-refractivity contribution in [3.05, 3.63) is 313 Å². The Morgan fingerprint density at radius 2 is 0.600 bits per heavy atom. The molecule has 0 saturated heterocycles. The van der Waals surface area contributed by atoms with Crippen LogP contribution in [0.1, 0.15) is 22.3 Å². The fourth-order valence-electron chi connectivity index (χ4n) is 12.6. The molecule has 15 rings (SSSR count). The Morgan fingerprint density at radius 1 is 0.213 bits per heavy atom. The second kappa shape index (κ2) is 17.2. The number of para-hydroxylation sites is 3. The van der Waals surface area contributed by atoms with Crippen LogP contribution in [0, 0.1) is 0 Å². The summed E-state index contributed by atoms with van der Waals surface area (Å²) in [7, 11) is 0. The molecule has 2 heterocycles. The van der Waals surface area contributed by atoms with Crippen LogP contribution in [0.15, 0.2) is 291 Å². The molecule has 0 bridgehead atoms. The Labute approximate surface area is 436 Å². The number of fused-ring (bicyclic) bond motifs is 9. The molecular formula is C73H48N2. The van der Waals surface area contributed by atoms with Gasteiger partial charge >= 0.3 is 0 Å². The van der Waals surface area contributed by atoms with E-state index in [9.17, 15) is 0 Å². The first-order valence-electron chi connectivity index (χ1n) is 26.0. The Kier molecular flexibility index (Phi) is 9.83. The second-order valence-electron chi connectivity index (χ2n) is 20.0. The lowest BCUT2D eigenvalue weighted by molar-refractivity contribution is 0.769. The molecule has 0 spiro atoms. The van der Waals surface area contributed by atoms with Gasteiger partial charge in [-0.3, -0.25) is 0 Å². The van der Waals surface area contributed by atoms with Gasteiger partial charge in [0.15, 0.2) is 0 Å². The molecule has 12 aromatic carbocycles. The van der Waals surface area contributed by atoms with E-state index in [1.807, 2.05) is 0 Å². The van der Waals surface area contributed by atoms with Gasteiger partial charge in [-0.05, 0) is 151 Å². The van der Waals surface area contributed by atoms with Gasteiger partial charge < -0.3 is 9.13 Å². The lowest BCUT2D eigenvalue weighted by Crippen LogP contribution is -2.28. The third kappa shape index (κ3) is 6.73. The highest BCUT2D eigenvalue weighted by Gasteiger charge is 2.45. The topological polar surface area (TPSA) is 9.86 Å². The van der Waals surface area contributed by atoms with Gasteiger partial charge in [0.05, 0.1) is 27.5 Å². The molecule has 2 nitrogen and oxygen atoms in total. The Bertz CT molecular complexity index is 4470. The van der Waals surface area contributed by atoms with Crippen LogP contribution in [0.25, 0.3) is 111 Å². The number of hydrogen-bond donors (Lipinski definition) is 0. The van der Waals surface area contributed by atoms with E-state index in [0.29, 0.717) is 0 Å². The number of hydrogen-bond acceptors (Lipinski definition) is 0. The molecule has 75 heavy (non-hydrogen) atoms. The minimum Gasteiger partial charge on any atom is -0.309 e. The zero-order valence-corrected chi connectivity index (χ0v) is 41.1. The molecule has 0 saturated carbocycles. The zero-order valence-electron chi connectivity index (χ0n) is 41.1. The van der Waals surface area contributed by atoms with Gasteiger partial charge in [0.25, 0.3) is 0 Å². The van der Waals surface area contributed by atoms with E-state index in [1.54, 1.807) is 0 Å². The maximum absolute atomic E-state index is 2.43. The van der Waals surface area contributed by atoms with Gasteiger partial charge in [-0.1, -0.05) is 218 Å². The van der Waals surface area contributed by atoms with E-state index in [1.165, 1.54) is 127 Å². The van der Waals surface area contributed by atoms with E-state index < -0.39 is 5.41 Å². The van der Waals surface area contributed by atoms with Gasteiger partial charge in [0, 0.05) is 32.9 Å². The van der Waals surface area contributed by atoms with Crippen molar-refractivity contribution < 1.29 is 0 Å². The summed E-state index contributed by atoms with van der Waals surface area (Å²) in [5.41, 5.74) is 24.0. The van der Waals surface area contributed by atoms with Crippen molar-refractivity contribution in [1.29, 1.82) is 0 Å². The standard InChI is InChI=1S/C73H48N2/c1-3-22-57(23-4-1)73(67-32-11-7-28-61(67)62-29-8-12-33-68(62)73)58-24-16-20-53(45-58)50-38-36-49(37-39-50)51-18-15-19-52(44-51)54-21-17-27-60(46-54)75-70-35-14-10-31-64(70)66-48-56(41-43-72(66)75)55-40-42-71-65(47-55)63-30-9-13-34-69(63)74(71)59-25-5-2-6-26-59/h1-48H. The van der Waals surface area contributed by atoms with E-state index in [-0.39, 0.29) is 0 Å². The molecule has 0 amide bonds. The average molecular weight is 953 g/mol. The Balaban J connectivity index is 0.757. The summed E-state index contributed by atoms with van der Waals surface area (Å²) in [6, 6.07) is 107. The first kappa shape index (κ1) is 42.9. The molecule has 0 radical (unpaired) electrons. The lowest BCUT2D eigenvalue weighted by Gasteiger charge is -2.34. The van der Waals surface area contributed by atoms with E-state index in [4.69, 9.17) is 0 Å². The molecule has 2 heteroatoms. The largest absolute Gasteiger partial charge is 0.309 e. The first-order chi connectivity index (χ1) is 37.2. The van der Waals surface area contributed by atoms with Crippen molar-refractivity contribution in [2.24, 2.45) is 0 Å². The molecule has 1 aliphatic carbocycles. The van der Waals surface area contributed by atoms with Gasteiger partial charge in [-0.2, -0.15) is 0 Å². The summed E-state index contributed by atoms with van der Waals surface area (Å²) in [6.07, 6.45) is 0. The van der Waals surface area contributed by atoms with E-state index in [2.05, 4.69) is 300 Å². The number of rotatable bonds is 8. The highest BCUT2D eigenvalue weighted by Crippen LogP contribution is 2.56. The molecule has 0 N–H and O–H groups in total. The van der Waals surface area contributed by atoms with Crippen LogP contribution in [0.2, 0.25) is 0 Å². The SMILES string of the molecule is c1ccc(-n2c3ccccc3c3cc(-c4ccc5c(c4)c4ccccc4n5-c4cccc(-c5cccc(-c6ccc(-c7cccc(C8(c9ccccc9)c9ccccc9-c9ccccc98)c7)cc6)c5)c4)ccc32)cc1. The van der Waals surface area contributed by atoms with Crippen LogP contribution in [0.4, 0.5) is 0 Å². The molecule has 2 aromatic heterocycles. The highest BCUT2D eigenvalue weighted by atomic mass is 15.0. The minimum absolute atomic E-state index is 0.433. The van der Waals surface area contributed by atoms with E-state index in [0.717, 1.165) is 5.69 Å². The Hall–Kier alpha value is -9.76. The normalized spacial score (nSPS) is 12.6. The zero-order chi connectivity index (χ0) is 49.5. The van der Waals surface area contributed by atoms with E-state index >= 15 is 0 Å². The maximum Gasteiger partial charge on any atom is 0.0713 e.